The van der Waals surface area contributed by atoms with Crippen LogP contribution in [0.4, 0.5) is 8.78 Å². The van der Waals surface area contributed by atoms with Gasteiger partial charge in [-0.3, -0.25) is 4.99 Å². The number of likely N-dealkylation sites (tertiary alicyclic amines) is 1. The zero-order chi connectivity index (χ0) is 16.9. The van der Waals surface area contributed by atoms with E-state index < -0.39 is 5.82 Å². The van der Waals surface area contributed by atoms with Crippen LogP contribution < -0.4 is 10.6 Å². The Labute approximate surface area is 165 Å². The van der Waals surface area contributed by atoms with Crippen molar-refractivity contribution in [2.45, 2.75) is 44.2 Å². The van der Waals surface area contributed by atoms with E-state index in [0.717, 1.165) is 44.0 Å². The van der Waals surface area contributed by atoms with E-state index in [-0.39, 0.29) is 29.8 Å². The zero-order valence-corrected chi connectivity index (χ0v) is 16.9. The molecule has 1 heterocycles. The first-order valence-electron chi connectivity index (χ1n) is 8.81. The highest BCUT2D eigenvalue weighted by atomic mass is 127. The van der Waals surface area contributed by atoms with E-state index in [0.29, 0.717) is 24.6 Å². The Kier molecular flexibility index (Phi) is 7.86. The van der Waals surface area contributed by atoms with E-state index in [4.69, 9.17) is 0 Å². The van der Waals surface area contributed by atoms with Crippen molar-refractivity contribution in [1.29, 1.82) is 0 Å². The predicted octanol–water partition coefficient (Wildman–Crippen LogP) is 2.92. The van der Waals surface area contributed by atoms with Gasteiger partial charge in [-0.05, 0) is 55.9 Å². The second-order valence-corrected chi connectivity index (χ2v) is 6.67. The highest BCUT2D eigenvalue weighted by Gasteiger charge is 2.31. The van der Waals surface area contributed by atoms with Crippen LogP contribution in [0, 0.1) is 11.6 Å². The Balaban J connectivity index is 0.00000225. The van der Waals surface area contributed by atoms with E-state index in [1.165, 1.54) is 25.0 Å². The summed E-state index contributed by atoms with van der Waals surface area (Å²) in [4.78, 5) is 6.82. The van der Waals surface area contributed by atoms with Gasteiger partial charge in [0.15, 0.2) is 5.96 Å². The fourth-order valence-electron chi connectivity index (χ4n) is 3.29. The molecule has 4 nitrogen and oxygen atoms in total. The molecule has 1 aliphatic heterocycles. The highest BCUT2D eigenvalue weighted by Crippen LogP contribution is 2.29. The molecule has 0 radical (unpaired) electrons. The lowest BCUT2D eigenvalue weighted by atomic mass is 10.1. The van der Waals surface area contributed by atoms with Crippen LogP contribution in [0.1, 0.15) is 31.2 Å². The summed E-state index contributed by atoms with van der Waals surface area (Å²) in [5.74, 6) is -0.0402. The summed E-state index contributed by atoms with van der Waals surface area (Å²) in [7, 11) is 1.73. The summed E-state index contributed by atoms with van der Waals surface area (Å²) in [5, 5.41) is 6.64. The van der Waals surface area contributed by atoms with Crippen molar-refractivity contribution in [3.8, 4) is 0 Å². The number of hydrogen-bond acceptors (Lipinski definition) is 2. The molecule has 25 heavy (non-hydrogen) atoms. The minimum atomic E-state index is -0.406. The predicted molar refractivity (Wildman–Crippen MR) is 108 cm³/mol. The molecule has 0 unspecified atom stereocenters. The highest BCUT2D eigenvalue weighted by molar-refractivity contribution is 14.0. The van der Waals surface area contributed by atoms with Crippen molar-refractivity contribution in [3.63, 3.8) is 0 Å². The first-order valence-corrected chi connectivity index (χ1v) is 8.81. The first-order chi connectivity index (χ1) is 11.7. The van der Waals surface area contributed by atoms with Crippen LogP contribution in [0.15, 0.2) is 23.2 Å². The standard InChI is InChI=1S/C18H26F2N4.HI/c1-21-18(22-9-6-13-12-14(19)2-5-17(13)20)23-15-7-10-24(11-8-15)16-3-4-16;/h2,5,12,15-16H,3-4,6-11H2,1H3,(H2,21,22,23);1H. The average molecular weight is 464 g/mol. The van der Waals surface area contributed by atoms with Crippen molar-refractivity contribution in [3.05, 3.63) is 35.4 Å². The number of aliphatic imine (C=N–C) groups is 1. The Bertz CT molecular complexity index is 584. The monoisotopic (exact) mass is 464 g/mol. The molecule has 1 saturated heterocycles. The third kappa shape index (κ3) is 6.06. The smallest absolute Gasteiger partial charge is 0.191 e. The van der Waals surface area contributed by atoms with E-state index >= 15 is 0 Å². The molecule has 7 heteroatoms. The third-order valence-electron chi connectivity index (χ3n) is 4.85. The second kappa shape index (κ2) is 9.66. The van der Waals surface area contributed by atoms with Crippen molar-refractivity contribution in [2.24, 2.45) is 4.99 Å². The fraction of sp³-hybridized carbons (Fsp3) is 0.611. The molecule has 1 aromatic carbocycles. The summed E-state index contributed by atoms with van der Waals surface area (Å²) in [6, 6.07) is 4.83. The molecular formula is C18H27F2IN4. The SMILES string of the molecule is CN=C(NCCc1cc(F)ccc1F)NC1CCN(C2CC2)CC1.I. The zero-order valence-electron chi connectivity index (χ0n) is 14.6. The van der Waals surface area contributed by atoms with Gasteiger partial charge >= 0.3 is 0 Å². The number of piperidine rings is 1. The van der Waals surface area contributed by atoms with Crippen molar-refractivity contribution < 1.29 is 8.78 Å². The van der Waals surface area contributed by atoms with Crippen LogP contribution >= 0.6 is 24.0 Å². The number of guanidine groups is 1. The number of halogens is 3. The summed E-state index contributed by atoms with van der Waals surface area (Å²) >= 11 is 0. The number of benzene rings is 1. The third-order valence-corrected chi connectivity index (χ3v) is 4.85. The van der Waals surface area contributed by atoms with Crippen LogP contribution in [0.3, 0.4) is 0 Å². The molecular weight excluding hydrogens is 437 g/mol. The van der Waals surface area contributed by atoms with Gasteiger partial charge < -0.3 is 15.5 Å². The molecule has 0 aromatic heterocycles. The molecule has 140 valence electrons. The Hall–Kier alpha value is -0.960. The number of rotatable bonds is 5. The molecule has 0 bridgehead atoms. The molecule has 3 rings (SSSR count). The van der Waals surface area contributed by atoms with Crippen LogP contribution in [0.5, 0.6) is 0 Å². The lowest BCUT2D eigenvalue weighted by Crippen LogP contribution is -2.49. The van der Waals surface area contributed by atoms with Crippen molar-refractivity contribution >= 4 is 29.9 Å². The minimum Gasteiger partial charge on any atom is -0.356 e. The number of nitrogens with one attached hydrogen (secondary N) is 2. The lowest BCUT2D eigenvalue weighted by Gasteiger charge is -2.33. The minimum absolute atomic E-state index is 0. The van der Waals surface area contributed by atoms with Crippen LogP contribution in [-0.4, -0.2) is 49.6 Å². The fourth-order valence-corrected chi connectivity index (χ4v) is 3.29. The first kappa shape index (κ1) is 20.4. The summed E-state index contributed by atoms with van der Waals surface area (Å²) in [6.45, 7) is 2.81. The van der Waals surface area contributed by atoms with Crippen molar-refractivity contribution in [2.75, 3.05) is 26.7 Å². The lowest BCUT2D eigenvalue weighted by molar-refractivity contribution is 0.197. The molecule has 1 saturated carbocycles. The maximum Gasteiger partial charge on any atom is 0.191 e. The van der Waals surface area contributed by atoms with E-state index in [9.17, 15) is 8.78 Å². The Morgan fingerprint density at radius 3 is 2.56 bits per heavy atom. The maximum absolute atomic E-state index is 13.6. The topological polar surface area (TPSA) is 39.7 Å². The quantitative estimate of drug-likeness (QED) is 0.400. The van der Waals surface area contributed by atoms with E-state index in [1.807, 2.05) is 0 Å². The largest absolute Gasteiger partial charge is 0.356 e. The summed E-state index contributed by atoms with van der Waals surface area (Å²) in [5.41, 5.74) is 0.385. The van der Waals surface area contributed by atoms with Crippen LogP contribution in [0.25, 0.3) is 0 Å². The van der Waals surface area contributed by atoms with Crippen molar-refractivity contribution in [1.82, 2.24) is 15.5 Å². The number of nitrogens with zero attached hydrogens (tertiary/aromatic N) is 2. The van der Waals surface area contributed by atoms with Crippen LogP contribution in [0.2, 0.25) is 0 Å². The maximum atomic E-state index is 13.6. The van der Waals surface area contributed by atoms with Gasteiger partial charge in [-0.15, -0.1) is 24.0 Å². The molecule has 1 aliphatic carbocycles. The van der Waals surface area contributed by atoms with Crippen LogP contribution in [-0.2, 0) is 6.42 Å². The van der Waals surface area contributed by atoms with Gasteiger partial charge in [0, 0.05) is 38.8 Å². The molecule has 0 spiro atoms. The van der Waals surface area contributed by atoms with Gasteiger partial charge in [-0.2, -0.15) is 0 Å². The Morgan fingerprint density at radius 1 is 1.20 bits per heavy atom. The van der Waals surface area contributed by atoms with Gasteiger partial charge in [-0.1, -0.05) is 0 Å². The normalized spacial score (nSPS) is 19.4. The number of hydrogen-bond donors (Lipinski definition) is 2. The Morgan fingerprint density at radius 2 is 1.92 bits per heavy atom. The van der Waals surface area contributed by atoms with E-state index in [1.54, 1.807) is 7.05 Å². The molecule has 0 atom stereocenters. The average Bonchev–Trinajstić information content (AvgIpc) is 3.42. The van der Waals surface area contributed by atoms with Gasteiger partial charge in [-0.25, -0.2) is 8.78 Å². The second-order valence-electron chi connectivity index (χ2n) is 6.67. The molecule has 0 amide bonds. The summed E-state index contributed by atoms with van der Waals surface area (Å²) in [6.07, 6.45) is 5.38. The molecule has 2 fully saturated rings. The van der Waals surface area contributed by atoms with Gasteiger partial charge in [0.25, 0.3) is 0 Å². The van der Waals surface area contributed by atoms with Gasteiger partial charge in [0.2, 0.25) is 0 Å². The summed E-state index contributed by atoms with van der Waals surface area (Å²) < 4.78 is 26.8. The molecule has 1 aromatic rings. The molecule has 2 aliphatic rings. The van der Waals surface area contributed by atoms with Gasteiger partial charge in [0.1, 0.15) is 11.6 Å². The molecule has 2 N–H and O–H groups in total. The van der Waals surface area contributed by atoms with E-state index in [2.05, 4.69) is 20.5 Å². The van der Waals surface area contributed by atoms with Gasteiger partial charge in [0.05, 0.1) is 0 Å².